The molecular weight excluding hydrogens is 378 g/mol. The number of nitrogens with zero attached hydrogens (tertiary/aromatic N) is 2. The van der Waals surface area contributed by atoms with Gasteiger partial charge in [-0.3, -0.25) is 0 Å². The number of ether oxygens (including phenoxy) is 1. The highest BCUT2D eigenvalue weighted by Crippen LogP contribution is 2.39. The van der Waals surface area contributed by atoms with E-state index in [2.05, 4.69) is 10.3 Å². The number of aromatic nitrogens is 1. The summed E-state index contributed by atoms with van der Waals surface area (Å²) in [5, 5.41) is 3.56. The van der Waals surface area contributed by atoms with E-state index in [4.69, 9.17) is 9.15 Å². The monoisotopic (exact) mass is 411 g/mol. The number of benzene rings is 1. The number of likely N-dealkylation sites (tertiary alicyclic amines) is 1. The van der Waals surface area contributed by atoms with Crippen molar-refractivity contribution < 1.29 is 13.9 Å². The third kappa shape index (κ3) is 5.55. The van der Waals surface area contributed by atoms with Crippen LogP contribution in [0.1, 0.15) is 52.9 Å². The van der Waals surface area contributed by atoms with E-state index in [1.54, 1.807) is 6.20 Å². The molecule has 1 amide bonds. The number of piperidine rings is 1. The molecule has 0 radical (unpaired) electrons. The van der Waals surface area contributed by atoms with E-state index in [1.165, 1.54) is 12.8 Å². The van der Waals surface area contributed by atoms with Crippen LogP contribution in [-0.2, 0) is 4.74 Å². The molecule has 1 saturated carbocycles. The maximum absolute atomic E-state index is 12.3. The molecule has 0 bridgehead atoms. The third-order valence-corrected chi connectivity index (χ3v) is 5.92. The first-order valence-corrected chi connectivity index (χ1v) is 11.1. The summed E-state index contributed by atoms with van der Waals surface area (Å²) in [5.74, 6) is 2.09. The van der Waals surface area contributed by atoms with Crippen LogP contribution in [0.4, 0.5) is 10.8 Å². The Hall–Kier alpha value is -2.50. The summed E-state index contributed by atoms with van der Waals surface area (Å²) in [7, 11) is 0. The van der Waals surface area contributed by atoms with Crippen LogP contribution in [0.25, 0.3) is 11.3 Å². The molecule has 6 nitrogen and oxygen atoms in total. The van der Waals surface area contributed by atoms with Gasteiger partial charge in [0.2, 0.25) is 0 Å². The van der Waals surface area contributed by atoms with Crippen LogP contribution in [0.5, 0.6) is 0 Å². The van der Waals surface area contributed by atoms with E-state index in [1.807, 2.05) is 56.0 Å². The van der Waals surface area contributed by atoms with E-state index < -0.39 is 5.60 Å². The number of nitrogens with one attached hydrogen (secondary N) is 1. The quantitative estimate of drug-likeness (QED) is 0.673. The van der Waals surface area contributed by atoms with Gasteiger partial charge in [0.25, 0.3) is 6.01 Å². The molecule has 4 rings (SSSR count). The number of amides is 1. The zero-order valence-electron chi connectivity index (χ0n) is 18.3. The molecule has 30 heavy (non-hydrogen) atoms. The molecule has 1 saturated heterocycles. The summed E-state index contributed by atoms with van der Waals surface area (Å²) in [4.78, 5) is 18.6. The fourth-order valence-corrected chi connectivity index (χ4v) is 4.14. The first-order valence-electron chi connectivity index (χ1n) is 11.1. The van der Waals surface area contributed by atoms with Crippen molar-refractivity contribution >= 4 is 12.1 Å². The fraction of sp³-hybridized carbons (Fsp3) is 0.583. The molecule has 0 unspecified atom stereocenters. The van der Waals surface area contributed by atoms with Gasteiger partial charge in [-0.1, -0.05) is 30.3 Å². The fourth-order valence-electron chi connectivity index (χ4n) is 4.14. The van der Waals surface area contributed by atoms with Gasteiger partial charge >= 0.3 is 6.09 Å². The van der Waals surface area contributed by atoms with E-state index in [-0.39, 0.29) is 6.09 Å². The van der Waals surface area contributed by atoms with Gasteiger partial charge in [-0.2, -0.15) is 0 Å². The summed E-state index contributed by atoms with van der Waals surface area (Å²) in [6.45, 7) is 7.28. The van der Waals surface area contributed by atoms with Crippen LogP contribution in [0, 0.1) is 11.8 Å². The predicted molar refractivity (Wildman–Crippen MR) is 117 cm³/mol. The Bertz CT molecular complexity index is 831. The zero-order chi connectivity index (χ0) is 21.1. The first-order chi connectivity index (χ1) is 14.4. The summed E-state index contributed by atoms with van der Waals surface area (Å²) < 4.78 is 11.5. The van der Waals surface area contributed by atoms with Crippen molar-refractivity contribution in [1.82, 2.24) is 9.88 Å². The van der Waals surface area contributed by atoms with Gasteiger partial charge in [0, 0.05) is 24.7 Å². The second kappa shape index (κ2) is 8.70. The van der Waals surface area contributed by atoms with Gasteiger partial charge in [0.1, 0.15) is 5.60 Å². The number of anilines is 1. The van der Waals surface area contributed by atoms with Gasteiger partial charge in [-0.15, -0.1) is 0 Å². The Labute approximate surface area is 179 Å². The van der Waals surface area contributed by atoms with Crippen molar-refractivity contribution in [3.05, 3.63) is 36.5 Å². The van der Waals surface area contributed by atoms with Gasteiger partial charge in [-0.25, -0.2) is 9.78 Å². The molecule has 1 N–H and O–H groups in total. The van der Waals surface area contributed by atoms with Crippen molar-refractivity contribution in [2.24, 2.45) is 11.8 Å². The predicted octanol–water partition coefficient (Wildman–Crippen LogP) is 5.57. The van der Waals surface area contributed by atoms with E-state index in [0.717, 1.165) is 43.7 Å². The molecule has 1 aliphatic carbocycles. The van der Waals surface area contributed by atoms with Crippen LogP contribution in [-0.4, -0.2) is 40.7 Å². The number of rotatable bonds is 6. The smallest absolute Gasteiger partial charge is 0.410 e. The first kappa shape index (κ1) is 20.8. The van der Waals surface area contributed by atoms with Gasteiger partial charge in [0.05, 0.1) is 6.20 Å². The third-order valence-electron chi connectivity index (χ3n) is 5.92. The van der Waals surface area contributed by atoms with Gasteiger partial charge in [0.15, 0.2) is 5.76 Å². The zero-order valence-corrected chi connectivity index (χ0v) is 18.3. The standard InChI is InChI=1S/C24H33N3O3/c1-24(2,3)30-23(28)27-13-11-17(12-14-27)15-20(18-9-10-18)26-22-25-16-21(29-22)19-7-5-4-6-8-19/h4-8,16-18,20H,9-15H2,1-3H3,(H,25,26)/t20-/m0/s1. The van der Waals surface area contributed by atoms with Crippen LogP contribution in [0.2, 0.25) is 0 Å². The van der Waals surface area contributed by atoms with Gasteiger partial charge in [-0.05, 0) is 64.7 Å². The highest BCUT2D eigenvalue weighted by atomic mass is 16.6. The molecule has 2 heterocycles. The number of carbonyl (C=O) groups is 1. The lowest BCUT2D eigenvalue weighted by atomic mass is 9.89. The lowest BCUT2D eigenvalue weighted by Crippen LogP contribution is -2.42. The van der Waals surface area contributed by atoms with Crippen LogP contribution in [0.3, 0.4) is 0 Å². The average Bonchev–Trinajstić information content (AvgIpc) is 3.46. The molecule has 0 spiro atoms. The van der Waals surface area contributed by atoms with Crippen LogP contribution >= 0.6 is 0 Å². The minimum Gasteiger partial charge on any atom is -0.444 e. The van der Waals surface area contributed by atoms with Crippen LogP contribution in [0.15, 0.2) is 40.9 Å². The highest BCUT2D eigenvalue weighted by molar-refractivity contribution is 5.68. The largest absolute Gasteiger partial charge is 0.444 e. The SMILES string of the molecule is CC(C)(C)OC(=O)N1CCC(C[C@H](Nc2ncc(-c3ccccc3)o2)C2CC2)CC1. The van der Waals surface area contributed by atoms with Crippen LogP contribution < -0.4 is 5.32 Å². The highest BCUT2D eigenvalue weighted by Gasteiger charge is 2.35. The second-order valence-electron chi connectivity index (χ2n) is 9.63. The summed E-state index contributed by atoms with van der Waals surface area (Å²) in [6, 6.07) is 11.0. The normalized spacial score (nSPS) is 18.8. The minimum absolute atomic E-state index is 0.189. The minimum atomic E-state index is -0.441. The molecule has 2 aliphatic rings. The molecule has 162 valence electrons. The Morgan fingerprint density at radius 1 is 1.20 bits per heavy atom. The maximum Gasteiger partial charge on any atom is 0.410 e. The Balaban J connectivity index is 1.30. The van der Waals surface area contributed by atoms with Crippen molar-refractivity contribution in [2.45, 2.75) is 64.5 Å². The van der Waals surface area contributed by atoms with Crippen molar-refractivity contribution in [3.8, 4) is 11.3 Å². The Morgan fingerprint density at radius 2 is 1.90 bits per heavy atom. The topological polar surface area (TPSA) is 67.6 Å². The Kier molecular flexibility index (Phi) is 6.02. The van der Waals surface area contributed by atoms with Gasteiger partial charge < -0.3 is 19.4 Å². The molecule has 1 atom stereocenters. The number of oxazole rings is 1. The van der Waals surface area contributed by atoms with E-state index in [9.17, 15) is 4.79 Å². The summed E-state index contributed by atoms with van der Waals surface area (Å²) >= 11 is 0. The number of hydrogen-bond donors (Lipinski definition) is 1. The van der Waals surface area contributed by atoms with E-state index >= 15 is 0 Å². The van der Waals surface area contributed by atoms with Crippen molar-refractivity contribution in [1.29, 1.82) is 0 Å². The maximum atomic E-state index is 12.3. The molecule has 2 fully saturated rings. The number of hydrogen-bond acceptors (Lipinski definition) is 5. The molecule has 2 aromatic rings. The lowest BCUT2D eigenvalue weighted by molar-refractivity contribution is 0.0179. The average molecular weight is 412 g/mol. The second-order valence-corrected chi connectivity index (χ2v) is 9.63. The molecule has 1 aromatic carbocycles. The molecular formula is C24H33N3O3. The van der Waals surface area contributed by atoms with Crippen molar-refractivity contribution in [3.63, 3.8) is 0 Å². The molecule has 6 heteroatoms. The van der Waals surface area contributed by atoms with E-state index in [0.29, 0.717) is 23.9 Å². The number of carbonyl (C=O) groups excluding carboxylic acids is 1. The molecule has 1 aromatic heterocycles. The Morgan fingerprint density at radius 3 is 2.53 bits per heavy atom. The lowest BCUT2D eigenvalue weighted by Gasteiger charge is -2.34. The molecule has 1 aliphatic heterocycles. The summed E-state index contributed by atoms with van der Waals surface area (Å²) in [5.41, 5.74) is 0.597. The summed E-state index contributed by atoms with van der Waals surface area (Å²) in [6.07, 6.45) is 7.26. The van der Waals surface area contributed by atoms with Crippen molar-refractivity contribution in [2.75, 3.05) is 18.4 Å².